The Morgan fingerprint density at radius 3 is 2.42 bits per heavy atom. The van der Waals surface area contributed by atoms with E-state index in [1.807, 2.05) is 0 Å². The second-order valence-corrected chi connectivity index (χ2v) is 4.36. The summed E-state index contributed by atoms with van der Waals surface area (Å²) in [6.07, 6.45) is 0.884. The first-order valence-electron chi connectivity index (χ1n) is 6.23. The largest absolute Gasteiger partial charge is 0.466 e. The zero-order valence-corrected chi connectivity index (χ0v) is 12.0. The van der Waals surface area contributed by atoms with Gasteiger partial charge < -0.3 is 9.47 Å². The minimum Gasteiger partial charge on any atom is -0.466 e. The van der Waals surface area contributed by atoms with E-state index >= 15 is 0 Å². The third-order valence-electron chi connectivity index (χ3n) is 2.48. The summed E-state index contributed by atoms with van der Waals surface area (Å²) in [4.78, 5) is 23.4. The van der Waals surface area contributed by atoms with Gasteiger partial charge in [-0.3, -0.25) is 4.79 Å². The van der Waals surface area contributed by atoms with E-state index in [0.29, 0.717) is 36.5 Å². The summed E-state index contributed by atoms with van der Waals surface area (Å²) >= 11 is 4.27. The van der Waals surface area contributed by atoms with Gasteiger partial charge in [-0.05, 0) is 38.0 Å². The van der Waals surface area contributed by atoms with Gasteiger partial charge in [0.05, 0.1) is 18.8 Å². The molecule has 5 heteroatoms. The highest BCUT2D eigenvalue weighted by molar-refractivity contribution is 7.80. The molecule has 0 atom stereocenters. The van der Waals surface area contributed by atoms with Crippen LogP contribution in [0, 0.1) is 0 Å². The molecule has 0 radical (unpaired) electrons. The maximum Gasteiger partial charge on any atom is 0.339 e. The Balaban J connectivity index is 2.66. The van der Waals surface area contributed by atoms with Gasteiger partial charge >= 0.3 is 11.9 Å². The lowest BCUT2D eigenvalue weighted by Crippen LogP contribution is -2.07. The van der Waals surface area contributed by atoms with E-state index in [4.69, 9.17) is 9.47 Å². The highest BCUT2D eigenvalue weighted by atomic mass is 32.1. The number of benzene rings is 1. The van der Waals surface area contributed by atoms with E-state index in [1.165, 1.54) is 0 Å². The van der Waals surface area contributed by atoms with Gasteiger partial charge in [-0.25, -0.2) is 4.79 Å². The van der Waals surface area contributed by atoms with Crippen molar-refractivity contribution in [2.24, 2.45) is 0 Å². The van der Waals surface area contributed by atoms with Crippen molar-refractivity contribution >= 4 is 24.6 Å². The lowest BCUT2D eigenvalue weighted by Gasteiger charge is -2.07. The summed E-state index contributed by atoms with van der Waals surface area (Å²) in [6, 6.07) is 5.24. The fourth-order valence-corrected chi connectivity index (χ4v) is 1.93. The van der Waals surface area contributed by atoms with E-state index in [-0.39, 0.29) is 11.9 Å². The van der Waals surface area contributed by atoms with Gasteiger partial charge in [0.25, 0.3) is 0 Å². The maximum atomic E-state index is 11.6. The fraction of sp³-hybridized carbons (Fsp3) is 0.429. The van der Waals surface area contributed by atoms with Crippen LogP contribution in [-0.2, 0) is 20.7 Å². The second-order valence-electron chi connectivity index (χ2n) is 3.88. The van der Waals surface area contributed by atoms with Crippen LogP contribution in [0.15, 0.2) is 23.1 Å². The molecule has 1 aromatic carbocycles. The van der Waals surface area contributed by atoms with Crippen LogP contribution in [0.3, 0.4) is 0 Å². The zero-order chi connectivity index (χ0) is 14.3. The van der Waals surface area contributed by atoms with Crippen LogP contribution in [-0.4, -0.2) is 25.2 Å². The molecule has 0 aliphatic rings. The normalized spacial score (nSPS) is 10.1. The Hall–Kier alpha value is -1.49. The predicted octanol–water partition coefficient (Wildman–Crippen LogP) is 2.65. The average Bonchev–Trinajstić information content (AvgIpc) is 2.37. The zero-order valence-electron chi connectivity index (χ0n) is 11.1. The Kier molecular flexibility index (Phi) is 6.42. The van der Waals surface area contributed by atoms with Crippen LogP contribution in [0.2, 0.25) is 0 Å². The molecule has 0 aliphatic carbocycles. The average molecular weight is 282 g/mol. The first kappa shape index (κ1) is 15.6. The monoisotopic (exact) mass is 282 g/mol. The summed E-state index contributed by atoms with van der Waals surface area (Å²) in [7, 11) is 0. The molecule has 0 fully saturated rings. The number of carbonyl (C=O) groups excluding carboxylic acids is 2. The van der Waals surface area contributed by atoms with E-state index < -0.39 is 0 Å². The molecule has 0 unspecified atom stereocenters. The standard InChI is InChI=1S/C14H18O4S/c1-3-17-13(15)8-6-10-5-7-11(12(19)9-10)14(16)18-4-2/h5,7,9,19H,3-4,6,8H2,1-2H3. The topological polar surface area (TPSA) is 52.6 Å². The van der Waals surface area contributed by atoms with Gasteiger partial charge in [-0.1, -0.05) is 6.07 Å². The van der Waals surface area contributed by atoms with E-state index in [2.05, 4.69) is 12.6 Å². The Labute approximate surface area is 118 Å². The van der Waals surface area contributed by atoms with E-state index in [1.54, 1.807) is 32.0 Å². The van der Waals surface area contributed by atoms with Crippen LogP contribution in [0.5, 0.6) is 0 Å². The molecule has 0 bridgehead atoms. The maximum absolute atomic E-state index is 11.6. The second kappa shape index (κ2) is 7.84. The molecule has 0 aliphatic heterocycles. The van der Waals surface area contributed by atoms with Gasteiger partial charge in [0.1, 0.15) is 0 Å². The van der Waals surface area contributed by atoms with Gasteiger partial charge in [0.15, 0.2) is 0 Å². The molecule has 0 heterocycles. The highest BCUT2D eigenvalue weighted by Gasteiger charge is 2.11. The molecular weight excluding hydrogens is 264 g/mol. The summed E-state index contributed by atoms with van der Waals surface area (Å²) in [5.74, 6) is -0.609. The Bertz CT molecular complexity index is 457. The van der Waals surface area contributed by atoms with Crippen molar-refractivity contribution in [3.05, 3.63) is 29.3 Å². The van der Waals surface area contributed by atoms with Gasteiger partial charge in [0, 0.05) is 11.3 Å². The highest BCUT2D eigenvalue weighted by Crippen LogP contribution is 2.18. The molecular formula is C14H18O4S. The van der Waals surface area contributed by atoms with E-state index in [9.17, 15) is 9.59 Å². The van der Waals surface area contributed by atoms with Crippen molar-refractivity contribution in [3.63, 3.8) is 0 Å². The summed E-state index contributed by atoms with van der Waals surface area (Å²) < 4.78 is 9.77. The minimum atomic E-state index is -0.385. The molecule has 1 aromatic rings. The summed E-state index contributed by atoms with van der Waals surface area (Å²) in [5.41, 5.74) is 1.37. The lowest BCUT2D eigenvalue weighted by atomic mass is 10.1. The number of hydrogen-bond acceptors (Lipinski definition) is 5. The summed E-state index contributed by atoms with van der Waals surface area (Å²) in [6.45, 7) is 4.25. The molecule has 0 saturated heterocycles. The number of hydrogen-bond donors (Lipinski definition) is 1. The molecule has 1 rings (SSSR count). The van der Waals surface area contributed by atoms with Gasteiger partial charge in [-0.2, -0.15) is 0 Å². The lowest BCUT2D eigenvalue weighted by molar-refractivity contribution is -0.143. The van der Waals surface area contributed by atoms with Gasteiger partial charge in [0.2, 0.25) is 0 Å². The van der Waals surface area contributed by atoms with Crippen molar-refractivity contribution in [3.8, 4) is 0 Å². The molecule has 0 amide bonds. The molecule has 19 heavy (non-hydrogen) atoms. The van der Waals surface area contributed by atoms with Crippen molar-refractivity contribution < 1.29 is 19.1 Å². The van der Waals surface area contributed by atoms with Crippen LogP contribution in [0.4, 0.5) is 0 Å². The third-order valence-corrected chi connectivity index (χ3v) is 2.85. The van der Waals surface area contributed by atoms with Crippen molar-refractivity contribution in [2.75, 3.05) is 13.2 Å². The number of thiol groups is 1. The smallest absolute Gasteiger partial charge is 0.339 e. The predicted molar refractivity (Wildman–Crippen MR) is 74.6 cm³/mol. The molecule has 104 valence electrons. The quantitative estimate of drug-likeness (QED) is 0.644. The molecule has 0 aromatic heterocycles. The first-order chi connectivity index (χ1) is 9.08. The Morgan fingerprint density at radius 2 is 1.84 bits per heavy atom. The molecule has 4 nitrogen and oxygen atoms in total. The molecule has 0 saturated carbocycles. The summed E-state index contributed by atoms with van der Waals surface area (Å²) in [5, 5.41) is 0. The van der Waals surface area contributed by atoms with Crippen LogP contribution < -0.4 is 0 Å². The molecule has 0 N–H and O–H groups in total. The third kappa shape index (κ3) is 4.95. The number of ether oxygens (including phenoxy) is 2. The first-order valence-corrected chi connectivity index (χ1v) is 6.67. The van der Waals surface area contributed by atoms with Crippen molar-refractivity contribution in [2.45, 2.75) is 31.6 Å². The SMILES string of the molecule is CCOC(=O)CCc1ccc(C(=O)OCC)c(S)c1. The Morgan fingerprint density at radius 1 is 1.16 bits per heavy atom. The van der Waals surface area contributed by atoms with Crippen LogP contribution >= 0.6 is 12.6 Å². The number of aryl methyl sites for hydroxylation is 1. The van der Waals surface area contributed by atoms with Crippen molar-refractivity contribution in [1.82, 2.24) is 0 Å². The van der Waals surface area contributed by atoms with Crippen LogP contribution in [0.25, 0.3) is 0 Å². The number of rotatable bonds is 6. The molecule has 0 spiro atoms. The number of carbonyl (C=O) groups is 2. The number of esters is 2. The van der Waals surface area contributed by atoms with E-state index in [0.717, 1.165) is 5.56 Å². The van der Waals surface area contributed by atoms with Crippen molar-refractivity contribution in [1.29, 1.82) is 0 Å². The van der Waals surface area contributed by atoms with Gasteiger partial charge in [-0.15, -0.1) is 12.6 Å². The minimum absolute atomic E-state index is 0.224. The fourth-order valence-electron chi connectivity index (χ4n) is 1.59. The van der Waals surface area contributed by atoms with Crippen LogP contribution in [0.1, 0.15) is 36.2 Å².